The van der Waals surface area contributed by atoms with Gasteiger partial charge in [-0.15, -0.1) is 20.4 Å². The number of nitrogens with zero attached hydrogens (tertiary/aromatic N) is 4. The molecule has 88 valence electrons. The molecule has 0 bridgehead atoms. The molecule has 0 saturated heterocycles. The van der Waals surface area contributed by atoms with Crippen LogP contribution in [0.1, 0.15) is 32.2 Å². The zero-order valence-corrected chi connectivity index (χ0v) is 10.6. The van der Waals surface area contributed by atoms with Gasteiger partial charge >= 0.3 is 0 Å². The Kier molecular flexibility index (Phi) is 2.88. The number of hydrogen-bond donors (Lipinski definition) is 0. The first-order valence-corrected chi connectivity index (χ1v) is 5.62. The van der Waals surface area contributed by atoms with Crippen LogP contribution in [0.4, 0.5) is 0 Å². The molecule has 0 aliphatic rings. The number of hydrogen-bond acceptors (Lipinski definition) is 4. The Morgan fingerprint density at radius 3 is 1.82 bits per heavy atom. The molecule has 2 rings (SSSR count). The molecule has 17 heavy (non-hydrogen) atoms. The molecule has 4 heteroatoms. The quantitative estimate of drug-likeness (QED) is 0.752. The molecular formula is C13H16N4. The predicted molar refractivity (Wildman–Crippen MR) is 66.5 cm³/mol. The molecule has 0 atom stereocenters. The third-order valence-electron chi connectivity index (χ3n) is 2.59. The maximum Gasteiger partial charge on any atom is 0.203 e. The molecule has 4 nitrogen and oxygen atoms in total. The second kappa shape index (κ2) is 4.20. The van der Waals surface area contributed by atoms with Crippen LogP contribution < -0.4 is 0 Å². The van der Waals surface area contributed by atoms with Crippen molar-refractivity contribution in [2.75, 3.05) is 0 Å². The molecule has 2 aromatic rings. The van der Waals surface area contributed by atoms with Crippen LogP contribution in [0.3, 0.4) is 0 Å². The van der Waals surface area contributed by atoms with E-state index < -0.39 is 0 Å². The number of benzene rings is 1. The number of rotatable bonds is 1. The van der Waals surface area contributed by atoms with Crippen LogP contribution >= 0.6 is 0 Å². The fourth-order valence-corrected chi connectivity index (χ4v) is 1.51. The molecule has 1 aromatic heterocycles. The maximum absolute atomic E-state index is 4.02. The lowest BCUT2D eigenvalue weighted by atomic mass is 9.87. The average molecular weight is 228 g/mol. The Bertz CT molecular complexity index is 494. The Labute approximate surface area is 101 Å². The second-order valence-corrected chi connectivity index (χ2v) is 5.10. The zero-order valence-electron chi connectivity index (χ0n) is 10.6. The van der Waals surface area contributed by atoms with Crippen LogP contribution in [-0.2, 0) is 5.41 Å². The third kappa shape index (κ3) is 2.64. The highest BCUT2D eigenvalue weighted by Crippen LogP contribution is 2.24. The van der Waals surface area contributed by atoms with Gasteiger partial charge in [0.15, 0.2) is 5.82 Å². The summed E-state index contributed by atoms with van der Waals surface area (Å²) in [5, 5.41) is 15.8. The first kappa shape index (κ1) is 11.6. The van der Waals surface area contributed by atoms with E-state index in [1.54, 1.807) is 6.92 Å². The summed E-state index contributed by atoms with van der Waals surface area (Å²) in [6.07, 6.45) is 0. The van der Waals surface area contributed by atoms with E-state index in [1.165, 1.54) is 5.56 Å². The molecule has 0 radical (unpaired) electrons. The molecule has 1 heterocycles. The summed E-state index contributed by atoms with van der Waals surface area (Å²) in [6.45, 7) is 8.33. The molecule has 0 spiro atoms. The van der Waals surface area contributed by atoms with Gasteiger partial charge in [0.1, 0.15) is 0 Å². The largest absolute Gasteiger partial charge is 0.203 e. The molecular weight excluding hydrogens is 212 g/mol. The van der Waals surface area contributed by atoms with Crippen LogP contribution in [0, 0.1) is 6.92 Å². The lowest BCUT2D eigenvalue weighted by Gasteiger charge is -2.18. The minimum atomic E-state index is 0.156. The minimum Gasteiger partial charge on any atom is -0.131 e. The van der Waals surface area contributed by atoms with Crippen molar-refractivity contribution in [2.24, 2.45) is 0 Å². The van der Waals surface area contributed by atoms with Gasteiger partial charge in [0.25, 0.3) is 0 Å². The molecule has 0 aliphatic heterocycles. The van der Waals surface area contributed by atoms with E-state index >= 15 is 0 Å². The standard InChI is InChI=1S/C13H16N4/c1-9-14-16-12(17-15-9)10-5-7-11(8-6-10)13(2,3)4/h5-8H,1-4H3. The van der Waals surface area contributed by atoms with E-state index in [1.807, 2.05) is 12.1 Å². The summed E-state index contributed by atoms with van der Waals surface area (Å²) >= 11 is 0. The van der Waals surface area contributed by atoms with E-state index in [4.69, 9.17) is 0 Å². The van der Waals surface area contributed by atoms with Crippen LogP contribution in [0.2, 0.25) is 0 Å². The van der Waals surface area contributed by atoms with Gasteiger partial charge in [-0.1, -0.05) is 45.0 Å². The predicted octanol–water partition coefficient (Wildman–Crippen LogP) is 2.54. The van der Waals surface area contributed by atoms with Crippen molar-refractivity contribution in [3.63, 3.8) is 0 Å². The van der Waals surface area contributed by atoms with E-state index in [-0.39, 0.29) is 5.41 Å². The molecule has 0 unspecified atom stereocenters. The molecule has 0 fully saturated rings. The third-order valence-corrected chi connectivity index (χ3v) is 2.59. The fourth-order valence-electron chi connectivity index (χ4n) is 1.51. The highest BCUT2D eigenvalue weighted by Gasteiger charge is 2.13. The number of aryl methyl sites for hydroxylation is 1. The van der Waals surface area contributed by atoms with Gasteiger partial charge in [-0.2, -0.15) is 0 Å². The van der Waals surface area contributed by atoms with Crippen LogP contribution in [0.25, 0.3) is 11.4 Å². The summed E-state index contributed by atoms with van der Waals surface area (Å²) in [4.78, 5) is 0. The average Bonchev–Trinajstić information content (AvgIpc) is 2.29. The topological polar surface area (TPSA) is 51.6 Å². The highest BCUT2D eigenvalue weighted by atomic mass is 15.3. The van der Waals surface area contributed by atoms with Gasteiger partial charge in [0, 0.05) is 5.56 Å². The lowest BCUT2D eigenvalue weighted by Crippen LogP contribution is -2.10. The van der Waals surface area contributed by atoms with Gasteiger partial charge in [-0.05, 0) is 17.9 Å². The van der Waals surface area contributed by atoms with Crippen molar-refractivity contribution in [1.82, 2.24) is 20.4 Å². The van der Waals surface area contributed by atoms with Crippen LogP contribution in [-0.4, -0.2) is 20.4 Å². The molecule has 1 aromatic carbocycles. The molecule has 0 amide bonds. The van der Waals surface area contributed by atoms with E-state index in [0.29, 0.717) is 11.6 Å². The van der Waals surface area contributed by atoms with Crippen molar-refractivity contribution in [3.05, 3.63) is 35.7 Å². The molecule has 0 N–H and O–H groups in total. The van der Waals surface area contributed by atoms with Crippen molar-refractivity contribution in [2.45, 2.75) is 33.1 Å². The van der Waals surface area contributed by atoms with Crippen molar-refractivity contribution in [3.8, 4) is 11.4 Å². The van der Waals surface area contributed by atoms with E-state index in [9.17, 15) is 0 Å². The Morgan fingerprint density at radius 1 is 0.824 bits per heavy atom. The monoisotopic (exact) mass is 228 g/mol. The van der Waals surface area contributed by atoms with Gasteiger partial charge in [0.2, 0.25) is 5.82 Å². The minimum absolute atomic E-state index is 0.156. The lowest BCUT2D eigenvalue weighted by molar-refractivity contribution is 0.590. The summed E-state index contributed by atoms with van der Waals surface area (Å²) in [5.74, 6) is 1.15. The summed E-state index contributed by atoms with van der Waals surface area (Å²) in [5.41, 5.74) is 2.38. The van der Waals surface area contributed by atoms with E-state index in [2.05, 4.69) is 53.3 Å². The maximum atomic E-state index is 4.02. The Balaban J connectivity index is 2.33. The van der Waals surface area contributed by atoms with Crippen molar-refractivity contribution < 1.29 is 0 Å². The van der Waals surface area contributed by atoms with Gasteiger partial charge < -0.3 is 0 Å². The Morgan fingerprint density at radius 2 is 1.35 bits per heavy atom. The molecule has 0 saturated carbocycles. The highest BCUT2D eigenvalue weighted by molar-refractivity contribution is 5.54. The van der Waals surface area contributed by atoms with E-state index in [0.717, 1.165) is 5.56 Å². The summed E-state index contributed by atoms with van der Waals surface area (Å²) in [7, 11) is 0. The van der Waals surface area contributed by atoms with Crippen molar-refractivity contribution >= 4 is 0 Å². The van der Waals surface area contributed by atoms with Crippen molar-refractivity contribution in [1.29, 1.82) is 0 Å². The number of aromatic nitrogens is 4. The SMILES string of the molecule is Cc1nnc(-c2ccc(C(C)(C)C)cc2)nn1. The Hall–Kier alpha value is -1.84. The summed E-state index contributed by atoms with van der Waals surface area (Å²) < 4.78 is 0. The van der Waals surface area contributed by atoms with Crippen LogP contribution in [0.5, 0.6) is 0 Å². The van der Waals surface area contributed by atoms with Gasteiger partial charge in [-0.3, -0.25) is 0 Å². The summed E-state index contributed by atoms with van der Waals surface area (Å²) in [6, 6.07) is 8.21. The second-order valence-electron chi connectivity index (χ2n) is 5.10. The normalized spacial score (nSPS) is 11.5. The zero-order chi connectivity index (χ0) is 12.5. The first-order chi connectivity index (χ1) is 7.97. The first-order valence-electron chi connectivity index (χ1n) is 5.62. The van der Waals surface area contributed by atoms with Gasteiger partial charge in [-0.25, -0.2) is 0 Å². The fraction of sp³-hybridized carbons (Fsp3) is 0.385. The van der Waals surface area contributed by atoms with Crippen LogP contribution in [0.15, 0.2) is 24.3 Å². The molecule has 0 aliphatic carbocycles. The smallest absolute Gasteiger partial charge is 0.131 e. The van der Waals surface area contributed by atoms with Gasteiger partial charge in [0.05, 0.1) is 0 Å².